The van der Waals surface area contributed by atoms with Crippen LogP contribution in [0.4, 0.5) is 0 Å². The van der Waals surface area contributed by atoms with Crippen molar-refractivity contribution in [1.82, 2.24) is 4.57 Å². The van der Waals surface area contributed by atoms with Crippen LogP contribution < -0.4 is 0 Å². The average molecular weight is 275 g/mol. The van der Waals surface area contributed by atoms with E-state index in [1.54, 1.807) is 10.8 Å². The predicted octanol–water partition coefficient (Wildman–Crippen LogP) is 1.13. The van der Waals surface area contributed by atoms with E-state index in [2.05, 4.69) is 0 Å². The van der Waals surface area contributed by atoms with Gasteiger partial charge in [-0.25, -0.2) is 4.79 Å². The maximum absolute atomic E-state index is 11.3. The largest absolute Gasteiger partial charge is 0.478 e. The highest BCUT2D eigenvalue weighted by atomic mass is 16.4. The van der Waals surface area contributed by atoms with Crippen molar-refractivity contribution in [3.63, 3.8) is 0 Å². The molecular formula is C15H17NO4. The SMILES string of the molecule is O=C(O)c1ccn(CC(O)CO)c1Cc1ccccc1. The zero-order chi connectivity index (χ0) is 14.5. The molecule has 0 radical (unpaired) electrons. The third-order valence-electron chi connectivity index (χ3n) is 3.14. The number of hydrogen-bond acceptors (Lipinski definition) is 3. The van der Waals surface area contributed by atoms with Crippen molar-refractivity contribution in [2.24, 2.45) is 0 Å². The van der Waals surface area contributed by atoms with Gasteiger partial charge in [-0.05, 0) is 11.6 Å². The van der Waals surface area contributed by atoms with Gasteiger partial charge < -0.3 is 19.9 Å². The van der Waals surface area contributed by atoms with E-state index in [4.69, 9.17) is 5.11 Å². The molecule has 0 spiro atoms. The third kappa shape index (κ3) is 3.26. The Labute approximate surface area is 116 Å². The molecule has 5 heteroatoms. The first kappa shape index (κ1) is 14.3. The molecule has 0 aliphatic heterocycles. The van der Waals surface area contributed by atoms with E-state index in [0.717, 1.165) is 5.56 Å². The first-order valence-electron chi connectivity index (χ1n) is 6.36. The van der Waals surface area contributed by atoms with Crippen LogP contribution >= 0.6 is 0 Å². The van der Waals surface area contributed by atoms with Crippen molar-refractivity contribution in [2.75, 3.05) is 6.61 Å². The molecule has 106 valence electrons. The summed E-state index contributed by atoms with van der Waals surface area (Å²) in [5.41, 5.74) is 1.84. The Kier molecular flexibility index (Phi) is 4.55. The molecule has 3 N–H and O–H groups in total. The zero-order valence-corrected chi connectivity index (χ0v) is 10.9. The minimum Gasteiger partial charge on any atom is -0.478 e. The van der Waals surface area contributed by atoms with E-state index < -0.39 is 12.1 Å². The smallest absolute Gasteiger partial charge is 0.337 e. The Bertz CT molecular complexity index is 577. The maximum atomic E-state index is 11.3. The van der Waals surface area contributed by atoms with Crippen molar-refractivity contribution in [3.8, 4) is 0 Å². The molecule has 0 aliphatic rings. The molecule has 0 aliphatic carbocycles. The summed E-state index contributed by atoms with van der Waals surface area (Å²) >= 11 is 0. The number of aliphatic hydroxyl groups excluding tert-OH is 2. The highest BCUT2D eigenvalue weighted by molar-refractivity contribution is 5.89. The van der Waals surface area contributed by atoms with Crippen LogP contribution in [0, 0.1) is 0 Å². The summed E-state index contributed by atoms with van der Waals surface area (Å²) < 4.78 is 1.68. The zero-order valence-electron chi connectivity index (χ0n) is 10.9. The Morgan fingerprint density at radius 2 is 1.90 bits per heavy atom. The second-order valence-corrected chi connectivity index (χ2v) is 4.63. The number of nitrogens with zero attached hydrogens (tertiary/aromatic N) is 1. The van der Waals surface area contributed by atoms with Crippen LogP contribution in [0.5, 0.6) is 0 Å². The Balaban J connectivity index is 2.32. The molecular weight excluding hydrogens is 258 g/mol. The molecule has 0 fully saturated rings. The van der Waals surface area contributed by atoms with E-state index in [1.165, 1.54) is 6.07 Å². The van der Waals surface area contributed by atoms with Crippen LogP contribution in [0.2, 0.25) is 0 Å². The second-order valence-electron chi connectivity index (χ2n) is 4.63. The van der Waals surface area contributed by atoms with Gasteiger partial charge in [0.1, 0.15) is 0 Å². The Hall–Kier alpha value is -2.11. The molecule has 1 aromatic carbocycles. The van der Waals surface area contributed by atoms with E-state index in [0.29, 0.717) is 12.1 Å². The number of aliphatic hydroxyl groups is 2. The lowest BCUT2D eigenvalue weighted by atomic mass is 10.1. The van der Waals surface area contributed by atoms with Crippen molar-refractivity contribution in [1.29, 1.82) is 0 Å². The van der Waals surface area contributed by atoms with Gasteiger partial charge in [0.15, 0.2) is 0 Å². The number of benzene rings is 1. The molecule has 0 bridgehead atoms. The molecule has 1 heterocycles. The molecule has 1 atom stereocenters. The summed E-state index contributed by atoms with van der Waals surface area (Å²) in [7, 11) is 0. The number of hydrogen-bond donors (Lipinski definition) is 3. The van der Waals surface area contributed by atoms with Crippen LogP contribution in [0.15, 0.2) is 42.6 Å². The standard InChI is InChI=1S/C15H17NO4/c17-10-12(18)9-16-7-6-13(15(19)20)14(16)8-11-4-2-1-3-5-11/h1-7,12,17-18H,8-10H2,(H,19,20). The Morgan fingerprint density at radius 1 is 1.20 bits per heavy atom. The van der Waals surface area contributed by atoms with Crippen molar-refractivity contribution in [2.45, 2.75) is 19.1 Å². The summed E-state index contributed by atoms with van der Waals surface area (Å²) in [4.78, 5) is 11.3. The van der Waals surface area contributed by atoms with Gasteiger partial charge in [-0.15, -0.1) is 0 Å². The van der Waals surface area contributed by atoms with Crippen LogP contribution in [0.1, 0.15) is 21.6 Å². The average Bonchev–Trinajstić information content (AvgIpc) is 2.83. The van der Waals surface area contributed by atoms with Crippen LogP contribution in [-0.4, -0.2) is 38.6 Å². The third-order valence-corrected chi connectivity index (χ3v) is 3.14. The number of aromatic nitrogens is 1. The maximum Gasteiger partial charge on any atom is 0.337 e. The highest BCUT2D eigenvalue weighted by Gasteiger charge is 2.17. The van der Waals surface area contributed by atoms with E-state index in [-0.39, 0.29) is 18.7 Å². The van der Waals surface area contributed by atoms with Crippen LogP contribution in [-0.2, 0) is 13.0 Å². The quantitative estimate of drug-likeness (QED) is 0.738. The molecule has 1 aromatic heterocycles. The molecule has 20 heavy (non-hydrogen) atoms. The van der Waals surface area contributed by atoms with Crippen molar-refractivity contribution < 1.29 is 20.1 Å². The number of aromatic carboxylic acids is 1. The van der Waals surface area contributed by atoms with E-state index >= 15 is 0 Å². The fourth-order valence-electron chi connectivity index (χ4n) is 2.14. The summed E-state index contributed by atoms with van der Waals surface area (Å²) in [6.07, 6.45) is 1.19. The lowest BCUT2D eigenvalue weighted by Crippen LogP contribution is -2.21. The minimum absolute atomic E-state index is 0.173. The molecule has 5 nitrogen and oxygen atoms in total. The number of carboxylic acids is 1. The molecule has 2 rings (SSSR count). The van der Waals surface area contributed by atoms with Crippen LogP contribution in [0.25, 0.3) is 0 Å². The summed E-state index contributed by atoms with van der Waals surface area (Å²) in [6, 6.07) is 11.1. The first-order valence-corrected chi connectivity index (χ1v) is 6.36. The van der Waals surface area contributed by atoms with Crippen LogP contribution in [0.3, 0.4) is 0 Å². The normalized spacial score (nSPS) is 12.3. The fourth-order valence-corrected chi connectivity index (χ4v) is 2.14. The fraction of sp³-hybridized carbons (Fsp3) is 0.267. The van der Waals surface area contributed by atoms with Gasteiger partial charge in [-0.1, -0.05) is 30.3 Å². The molecule has 1 unspecified atom stereocenters. The van der Waals surface area contributed by atoms with Gasteiger partial charge in [0.2, 0.25) is 0 Å². The molecule has 0 saturated heterocycles. The number of rotatable bonds is 6. The predicted molar refractivity (Wildman–Crippen MR) is 73.7 cm³/mol. The van der Waals surface area contributed by atoms with Gasteiger partial charge in [0, 0.05) is 18.3 Å². The van der Waals surface area contributed by atoms with Crippen molar-refractivity contribution in [3.05, 3.63) is 59.4 Å². The van der Waals surface area contributed by atoms with Crippen molar-refractivity contribution >= 4 is 5.97 Å². The molecule has 0 saturated carbocycles. The monoisotopic (exact) mass is 275 g/mol. The number of carboxylic acid groups (broad SMARTS) is 1. The lowest BCUT2D eigenvalue weighted by molar-refractivity contribution is 0.0692. The topological polar surface area (TPSA) is 82.7 Å². The first-order chi connectivity index (χ1) is 9.61. The van der Waals surface area contributed by atoms with Gasteiger partial charge >= 0.3 is 5.97 Å². The summed E-state index contributed by atoms with van der Waals surface area (Å²) in [5, 5.41) is 27.7. The second kappa shape index (κ2) is 6.36. The number of carbonyl (C=O) groups is 1. The van der Waals surface area contributed by atoms with Gasteiger partial charge in [-0.3, -0.25) is 0 Å². The van der Waals surface area contributed by atoms with Gasteiger partial charge in [0.25, 0.3) is 0 Å². The summed E-state index contributed by atoms with van der Waals surface area (Å²) in [5.74, 6) is -0.992. The van der Waals surface area contributed by atoms with E-state index in [1.807, 2.05) is 30.3 Å². The Morgan fingerprint density at radius 3 is 2.50 bits per heavy atom. The lowest BCUT2D eigenvalue weighted by Gasteiger charge is -2.13. The van der Waals surface area contributed by atoms with Gasteiger partial charge in [0.05, 0.1) is 24.8 Å². The minimum atomic E-state index is -0.992. The van der Waals surface area contributed by atoms with Gasteiger partial charge in [-0.2, -0.15) is 0 Å². The van der Waals surface area contributed by atoms with E-state index in [9.17, 15) is 15.0 Å². The summed E-state index contributed by atoms with van der Waals surface area (Å²) in [6.45, 7) is -0.183. The molecule has 2 aromatic rings. The molecule has 0 amide bonds. The highest BCUT2D eigenvalue weighted by Crippen LogP contribution is 2.17.